The molecular weight excluding hydrogens is 402 g/mol. The largest absolute Gasteiger partial charge is 0.448 e. The average Bonchev–Trinajstić information content (AvgIpc) is 2.81. The van der Waals surface area contributed by atoms with Gasteiger partial charge in [-0.05, 0) is 11.1 Å². The summed E-state index contributed by atoms with van der Waals surface area (Å²) in [6.07, 6.45) is 0.822. The van der Waals surface area contributed by atoms with Gasteiger partial charge in [0.25, 0.3) is 0 Å². The molecule has 0 aromatic heterocycles. The zero-order valence-electron chi connectivity index (χ0n) is 16.3. The summed E-state index contributed by atoms with van der Waals surface area (Å²) in [6.45, 7) is 0. The SMILES string of the molecule is CO/N=C/C1=C(C(=O)OC(c2ccccc2)c2ccccc2)N2C(=O)C(N)[C@H]2SC1. The molecule has 2 aromatic carbocycles. The predicted molar refractivity (Wildman–Crippen MR) is 114 cm³/mol. The minimum Gasteiger partial charge on any atom is -0.448 e. The number of carbonyl (C=O) groups is 2. The van der Waals surface area contributed by atoms with E-state index in [4.69, 9.17) is 15.3 Å². The minimum atomic E-state index is -0.627. The summed E-state index contributed by atoms with van der Waals surface area (Å²) in [5.41, 5.74) is 8.31. The number of nitrogens with two attached hydrogens (primary N) is 1. The highest BCUT2D eigenvalue weighted by atomic mass is 32.2. The van der Waals surface area contributed by atoms with Crippen molar-refractivity contribution < 1.29 is 19.2 Å². The van der Waals surface area contributed by atoms with Crippen molar-refractivity contribution in [1.29, 1.82) is 0 Å². The molecule has 0 radical (unpaired) electrons. The summed E-state index contributed by atoms with van der Waals surface area (Å²) in [5, 5.41) is 3.49. The molecule has 1 amide bonds. The molecule has 2 N–H and O–H groups in total. The standard InChI is InChI=1S/C22H21N3O4S/c1-28-24-12-16-13-30-21-17(23)20(26)25(21)18(16)22(27)29-19(14-8-4-2-5-9-14)15-10-6-3-7-11-15/h2-12,17,19,21H,13,23H2,1H3/b24-12+/t17?,21-/m1/s1. The van der Waals surface area contributed by atoms with E-state index in [9.17, 15) is 9.59 Å². The van der Waals surface area contributed by atoms with E-state index >= 15 is 0 Å². The molecule has 1 saturated heterocycles. The molecule has 1 fully saturated rings. The third-order valence-electron chi connectivity index (χ3n) is 4.98. The first-order valence-electron chi connectivity index (χ1n) is 9.42. The highest BCUT2D eigenvalue weighted by molar-refractivity contribution is 8.00. The van der Waals surface area contributed by atoms with E-state index in [1.165, 1.54) is 30.0 Å². The van der Waals surface area contributed by atoms with Crippen LogP contribution in [0.5, 0.6) is 0 Å². The normalized spacial score (nSPS) is 20.9. The first-order valence-corrected chi connectivity index (χ1v) is 10.5. The summed E-state index contributed by atoms with van der Waals surface area (Å²) in [7, 11) is 1.42. The van der Waals surface area contributed by atoms with E-state index in [0.29, 0.717) is 11.3 Å². The molecule has 0 spiro atoms. The molecule has 1 unspecified atom stereocenters. The number of amides is 1. The number of rotatable bonds is 6. The Kier molecular flexibility index (Phi) is 5.87. The molecule has 2 aromatic rings. The molecule has 2 atom stereocenters. The zero-order valence-corrected chi connectivity index (χ0v) is 17.1. The summed E-state index contributed by atoms with van der Waals surface area (Å²) >= 11 is 1.48. The lowest BCUT2D eigenvalue weighted by Gasteiger charge is -2.48. The van der Waals surface area contributed by atoms with Gasteiger partial charge in [-0.25, -0.2) is 4.79 Å². The summed E-state index contributed by atoms with van der Waals surface area (Å²) in [4.78, 5) is 31.9. The van der Waals surface area contributed by atoms with Gasteiger partial charge in [0, 0.05) is 11.3 Å². The van der Waals surface area contributed by atoms with Gasteiger partial charge in [-0.1, -0.05) is 65.8 Å². The number of thioether (sulfide) groups is 1. The van der Waals surface area contributed by atoms with Crippen LogP contribution in [0, 0.1) is 0 Å². The van der Waals surface area contributed by atoms with Crippen molar-refractivity contribution in [3.63, 3.8) is 0 Å². The topological polar surface area (TPSA) is 94.2 Å². The number of carbonyl (C=O) groups excluding carboxylic acids is 2. The zero-order chi connectivity index (χ0) is 21.1. The van der Waals surface area contributed by atoms with Gasteiger partial charge in [-0.2, -0.15) is 0 Å². The molecule has 2 aliphatic rings. The highest BCUT2D eigenvalue weighted by Crippen LogP contribution is 2.40. The number of fused-ring (bicyclic) bond motifs is 1. The summed E-state index contributed by atoms with van der Waals surface area (Å²) in [5.74, 6) is -0.435. The molecule has 0 bridgehead atoms. The van der Waals surface area contributed by atoms with E-state index in [-0.39, 0.29) is 17.0 Å². The van der Waals surface area contributed by atoms with Gasteiger partial charge in [-0.3, -0.25) is 9.69 Å². The fourth-order valence-electron chi connectivity index (χ4n) is 3.49. The molecule has 7 nitrogen and oxygen atoms in total. The molecular formula is C22H21N3O4S. The number of hydrogen-bond donors (Lipinski definition) is 1. The maximum absolute atomic E-state index is 13.3. The number of ether oxygens (including phenoxy) is 1. The van der Waals surface area contributed by atoms with Crippen LogP contribution in [0.2, 0.25) is 0 Å². The Balaban J connectivity index is 1.70. The second-order valence-corrected chi connectivity index (χ2v) is 7.94. The Bertz CT molecular complexity index is 954. The molecule has 0 saturated carbocycles. The van der Waals surface area contributed by atoms with Gasteiger partial charge < -0.3 is 15.3 Å². The second-order valence-electron chi connectivity index (χ2n) is 6.83. The number of hydrogen-bond acceptors (Lipinski definition) is 7. The summed E-state index contributed by atoms with van der Waals surface area (Å²) < 4.78 is 5.97. The number of β-lactam (4-membered cyclic amide) rings is 1. The van der Waals surface area contributed by atoms with Gasteiger partial charge in [0.15, 0.2) is 6.10 Å². The quantitative estimate of drug-likeness (QED) is 0.332. The van der Waals surface area contributed by atoms with Crippen LogP contribution in [0.25, 0.3) is 0 Å². The Morgan fingerprint density at radius 3 is 2.33 bits per heavy atom. The van der Waals surface area contributed by atoms with Gasteiger partial charge >= 0.3 is 5.97 Å². The number of benzene rings is 2. The number of oxime groups is 1. The fraction of sp³-hybridized carbons (Fsp3) is 0.227. The lowest BCUT2D eigenvalue weighted by atomic mass is 10.0. The minimum absolute atomic E-state index is 0.170. The van der Waals surface area contributed by atoms with Crippen LogP contribution in [-0.2, 0) is 19.2 Å². The molecule has 4 rings (SSSR count). The van der Waals surface area contributed by atoms with E-state index < -0.39 is 18.1 Å². The lowest BCUT2D eigenvalue weighted by molar-refractivity contribution is -0.153. The maximum Gasteiger partial charge on any atom is 0.356 e. The van der Waals surface area contributed by atoms with Crippen LogP contribution in [0.3, 0.4) is 0 Å². The van der Waals surface area contributed by atoms with Crippen molar-refractivity contribution in [2.45, 2.75) is 17.5 Å². The van der Waals surface area contributed by atoms with Crippen molar-refractivity contribution in [3.05, 3.63) is 83.1 Å². The van der Waals surface area contributed by atoms with Crippen molar-refractivity contribution in [2.24, 2.45) is 10.9 Å². The van der Waals surface area contributed by atoms with Crippen LogP contribution in [0.1, 0.15) is 17.2 Å². The van der Waals surface area contributed by atoms with Gasteiger partial charge in [-0.15, -0.1) is 11.8 Å². The van der Waals surface area contributed by atoms with Crippen molar-refractivity contribution >= 4 is 29.9 Å². The average molecular weight is 423 g/mol. The third kappa shape index (κ3) is 3.71. The molecule has 30 heavy (non-hydrogen) atoms. The monoisotopic (exact) mass is 423 g/mol. The molecule has 0 aliphatic carbocycles. The Morgan fingerprint density at radius 1 is 1.17 bits per heavy atom. The van der Waals surface area contributed by atoms with E-state index in [1.54, 1.807) is 0 Å². The smallest absolute Gasteiger partial charge is 0.356 e. The van der Waals surface area contributed by atoms with E-state index in [0.717, 1.165) is 11.1 Å². The van der Waals surface area contributed by atoms with Crippen molar-refractivity contribution in [2.75, 3.05) is 12.9 Å². The van der Waals surface area contributed by atoms with E-state index in [1.807, 2.05) is 60.7 Å². The predicted octanol–water partition coefficient (Wildman–Crippen LogP) is 2.45. The van der Waals surface area contributed by atoms with Gasteiger partial charge in [0.1, 0.15) is 24.2 Å². The fourth-order valence-corrected chi connectivity index (χ4v) is 4.74. The Labute approximate surface area is 178 Å². The third-order valence-corrected chi connectivity index (χ3v) is 6.30. The van der Waals surface area contributed by atoms with Gasteiger partial charge in [0.05, 0.1) is 6.21 Å². The van der Waals surface area contributed by atoms with Crippen LogP contribution >= 0.6 is 11.8 Å². The number of esters is 1. The molecule has 8 heteroatoms. The van der Waals surface area contributed by atoms with Crippen LogP contribution in [-0.4, -0.2) is 47.3 Å². The first kappa shape index (κ1) is 20.2. The second kappa shape index (κ2) is 8.73. The first-order chi connectivity index (χ1) is 14.6. The van der Waals surface area contributed by atoms with Crippen LogP contribution in [0.15, 0.2) is 77.1 Å². The van der Waals surface area contributed by atoms with Crippen molar-refractivity contribution in [3.8, 4) is 0 Å². The van der Waals surface area contributed by atoms with Gasteiger partial charge in [0.2, 0.25) is 5.91 Å². The summed E-state index contributed by atoms with van der Waals surface area (Å²) in [6, 6.07) is 18.3. The molecule has 2 heterocycles. The Morgan fingerprint density at radius 2 is 1.77 bits per heavy atom. The molecule has 154 valence electrons. The Hall–Kier alpha value is -3.10. The number of nitrogens with zero attached hydrogens (tertiary/aromatic N) is 2. The molecule has 2 aliphatic heterocycles. The maximum atomic E-state index is 13.3. The van der Waals surface area contributed by atoms with Crippen LogP contribution in [0.4, 0.5) is 0 Å². The van der Waals surface area contributed by atoms with E-state index in [2.05, 4.69) is 5.16 Å². The van der Waals surface area contributed by atoms with Crippen LogP contribution < -0.4 is 5.73 Å². The highest BCUT2D eigenvalue weighted by Gasteiger charge is 2.52. The lowest BCUT2D eigenvalue weighted by Crippen LogP contribution is -2.68. The van der Waals surface area contributed by atoms with Crippen molar-refractivity contribution in [1.82, 2.24) is 4.90 Å².